The van der Waals surface area contributed by atoms with Crippen LogP contribution in [0.15, 0.2) is 16.7 Å². The van der Waals surface area contributed by atoms with E-state index < -0.39 is 18.0 Å². The molecule has 0 unspecified atom stereocenters. The molecule has 0 spiro atoms. The summed E-state index contributed by atoms with van der Waals surface area (Å²) in [6.45, 7) is 0. The molecule has 0 saturated carbocycles. The molecule has 1 heterocycles. The van der Waals surface area contributed by atoms with Gasteiger partial charge in [-0.2, -0.15) is 4.39 Å². The van der Waals surface area contributed by atoms with Crippen molar-refractivity contribution in [1.29, 1.82) is 0 Å². The highest BCUT2D eigenvalue weighted by Crippen LogP contribution is 2.20. The van der Waals surface area contributed by atoms with Gasteiger partial charge in [0, 0.05) is 22.3 Å². The number of aromatic nitrogens is 1. The van der Waals surface area contributed by atoms with Gasteiger partial charge in [-0.15, -0.1) is 0 Å². The van der Waals surface area contributed by atoms with Gasteiger partial charge in [-0.25, -0.2) is 4.98 Å². The number of esters is 1. The molecule has 15 heavy (non-hydrogen) atoms. The van der Waals surface area contributed by atoms with E-state index in [2.05, 4.69) is 25.7 Å². The van der Waals surface area contributed by atoms with Gasteiger partial charge >= 0.3 is 5.97 Å². The van der Waals surface area contributed by atoms with Crippen molar-refractivity contribution in [1.82, 2.24) is 4.98 Å². The molecule has 1 atom stereocenters. The van der Waals surface area contributed by atoms with Crippen molar-refractivity contribution in [2.45, 2.75) is 12.5 Å². The number of rotatable bonds is 3. The third-order valence-electron chi connectivity index (χ3n) is 1.85. The normalized spacial score (nSPS) is 12.3. The molecule has 1 rings (SSSR count). The second-order valence-electron chi connectivity index (χ2n) is 2.92. The minimum Gasteiger partial charge on any atom is -0.469 e. The zero-order valence-electron chi connectivity index (χ0n) is 8.04. The fraction of sp³-hybridized carbons (Fsp3) is 0.333. The second-order valence-corrected chi connectivity index (χ2v) is 3.84. The lowest BCUT2D eigenvalue weighted by atomic mass is 10.1. The number of hydrogen-bond acceptors (Lipinski definition) is 4. The fourth-order valence-corrected chi connectivity index (χ4v) is 1.42. The Labute approximate surface area is 94.8 Å². The molecule has 0 fully saturated rings. The maximum absolute atomic E-state index is 13.2. The summed E-state index contributed by atoms with van der Waals surface area (Å²) in [7, 11) is 1.25. The van der Waals surface area contributed by atoms with E-state index in [1.807, 2.05) is 0 Å². The number of methoxy groups -OCH3 is 1. The van der Waals surface area contributed by atoms with Crippen molar-refractivity contribution in [3.05, 3.63) is 28.2 Å². The summed E-state index contributed by atoms with van der Waals surface area (Å²) in [6.07, 6.45) is 1.25. The highest BCUT2D eigenvalue weighted by atomic mass is 79.9. The minimum absolute atomic E-state index is 0.0778. The predicted octanol–water partition coefficient (Wildman–Crippen LogP) is 1.55. The van der Waals surface area contributed by atoms with Crippen molar-refractivity contribution in [2.24, 2.45) is 5.73 Å². The quantitative estimate of drug-likeness (QED) is 0.672. The van der Waals surface area contributed by atoms with Crippen molar-refractivity contribution in [2.75, 3.05) is 7.11 Å². The Balaban J connectivity index is 2.85. The molecule has 1 aromatic heterocycles. The molecule has 82 valence electrons. The molecule has 0 aromatic carbocycles. The smallest absolute Gasteiger partial charge is 0.307 e. The number of halogens is 2. The van der Waals surface area contributed by atoms with E-state index in [-0.39, 0.29) is 12.0 Å². The van der Waals surface area contributed by atoms with Crippen LogP contribution < -0.4 is 5.73 Å². The molecule has 0 aliphatic rings. The van der Waals surface area contributed by atoms with Gasteiger partial charge < -0.3 is 10.5 Å². The fourth-order valence-electron chi connectivity index (χ4n) is 1.07. The Hall–Kier alpha value is -1.01. The van der Waals surface area contributed by atoms with Crippen LogP contribution in [0.1, 0.15) is 18.0 Å². The van der Waals surface area contributed by atoms with Crippen LogP contribution in [0.25, 0.3) is 0 Å². The molecule has 2 N–H and O–H groups in total. The molecule has 0 amide bonds. The summed E-state index contributed by atoms with van der Waals surface area (Å²) in [6, 6.07) is 0.748. The van der Waals surface area contributed by atoms with Crippen molar-refractivity contribution in [3.8, 4) is 0 Å². The lowest BCUT2D eigenvalue weighted by Crippen LogP contribution is -2.18. The first-order chi connectivity index (χ1) is 7.04. The van der Waals surface area contributed by atoms with E-state index in [4.69, 9.17) is 5.73 Å². The molecular formula is C9H10BrFN2O2. The monoisotopic (exact) mass is 276 g/mol. The van der Waals surface area contributed by atoms with E-state index in [9.17, 15) is 9.18 Å². The summed E-state index contributed by atoms with van der Waals surface area (Å²) in [5, 5.41) is 0. The van der Waals surface area contributed by atoms with Crippen LogP contribution in [-0.2, 0) is 9.53 Å². The summed E-state index contributed by atoms with van der Waals surface area (Å²) in [5.41, 5.74) is 5.83. The zero-order valence-corrected chi connectivity index (χ0v) is 9.62. The SMILES string of the molecule is COC(=O)C[C@@H](N)c1cc(Br)cnc1F. The first-order valence-corrected chi connectivity index (χ1v) is 4.97. The van der Waals surface area contributed by atoms with Crippen molar-refractivity contribution >= 4 is 21.9 Å². The molecule has 6 heteroatoms. The molecule has 0 radical (unpaired) electrons. The van der Waals surface area contributed by atoms with E-state index in [0.717, 1.165) is 0 Å². The molecule has 0 saturated heterocycles. The number of pyridine rings is 1. The lowest BCUT2D eigenvalue weighted by Gasteiger charge is -2.11. The maximum atomic E-state index is 13.2. The van der Waals surface area contributed by atoms with Crippen LogP contribution in [-0.4, -0.2) is 18.1 Å². The molecule has 4 nitrogen and oxygen atoms in total. The average molecular weight is 277 g/mol. The number of carbonyl (C=O) groups is 1. The van der Waals surface area contributed by atoms with Gasteiger partial charge in [-0.1, -0.05) is 0 Å². The van der Waals surface area contributed by atoms with Gasteiger partial charge in [0.25, 0.3) is 0 Å². The largest absolute Gasteiger partial charge is 0.469 e. The minimum atomic E-state index is -0.748. The molecular weight excluding hydrogens is 267 g/mol. The van der Waals surface area contributed by atoms with Crippen LogP contribution in [0, 0.1) is 5.95 Å². The van der Waals surface area contributed by atoms with Gasteiger partial charge in [0.15, 0.2) is 0 Å². The predicted molar refractivity (Wildman–Crippen MR) is 55.5 cm³/mol. The number of carbonyl (C=O) groups excluding carboxylic acids is 1. The Morgan fingerprint density at radius 3 is 3.07 bits per heavy atom. The molecule has 0 bridgehead atoms. The van der Waals surface area contributed by atoms with Gasteiger partial charge in [0.1, 0.15) is 0 Å². The van der Waals surface area contributed by atoms with E-state index in [0.29, 0.717) is 4.47 Å². The molecule has 0 aliphatic heterocycles. The third kappa shape index (κ3) is 3.24. The summed E-state index contributed by atoms with van der Waals surface area (Å²) < 4.78 is 18.3. The first-order valence-electron chi connectivity index (χ1n) is 4.18. The van der Waals surface area contributed by atoms with Gasteiger partial charge in [0.05, 0.1) is 13.5 Å². The van der Waals surface area contributed by atoms with Crippen LogP contribution in [0.5, 0.6) is 0 Å². The summed E-state index contributed by atoms with van der Waals surface area (Å²) >= 11 is 3.15. The van der Waals surface area contributed by atoms with Crippen LogP contribution >= 0.6 is 15.9 Å². The van der Waals surface area contributed by atoms with E-state index in [1.54, 1.807) is 0 Å². The number of nitrogens with zero attached hydrogens (tertiary/aromatic N) is 1. The summed E-state index contributed by atoms with van der Waals surface area (Å²) in [4.78, 5) is 14.4. The number of hydrogen-bond donors (Lipinski definition) is 1. The van der Waals surface area contributed by atoms with Crippen molar-refractivity contribution < 1.29 is 13.9 Å². The Morgan fingerprint density at radius 2 is 2.47 bits per heavy atom. The highest BCUT2D eigenvalue weighted by Gasteiger charge is 2.16. The first kappa shape index (κ1) is 12.1. The van der Waals surface area contributed by atoms with E-state index >= 15 is 0 Å². The van der Waals surface area contributed by atoms with Crippen LogP contribution in [0.4, 0.5) is 4.39 Å². The number of nitrogens with two attached hydrogens (primary N) is 1. The Morgan fingerprint density at radius 1 is 1.80 bits per heavy atom. The molecule has 0 aliphatic carbocycles. The Kier molecular flexibility index (Phi) is 4.16. The van der Waals surface area contributed by atoms with Crippen LogP contribution in [0.3, 0.4) is 0 Å². The average Bonchev–Trinajstić information content (AvgIpc) is 2.21. The summed E-state index contributed by atoms with van der Waals surface area (Å²) in [5.74, 6) is -1.16. The standard InChI is InChI=1S/C9H10BrFN2O2/c1-15-8(14)3-7(12)6-2-5(10)4-13-9(6)11/h2,4,7H,3,12H2,1H3/t7-/m1/s1. The van der Waals surface area contributed by atoms with Gasteiger partial charge in [-0.05, 0) is 22.0 Å². The molecule has 1 aromatic rings. The van der Waals surface area contributed by atoms with Gasteiger partial charge in [-0.3, -0.25) is 4.79 Å². The third-order valence-corrected chi connectivity index (χ3v) is 2.28. The van der Waals surface area contributed by atoms with E-state index in [1.165, 1.54) is 19.4 Å². The second kappa shape index (κ2) is 5.18. The van der Waals surface area contributed by atoms with Gasteiger partial charge in [0.2, 0.25) is 5.95 Å². The van der Waals surface area contributed by atoms with Crippen LogP contribution in [0.2, 0.25) is 0 Å². The number of ether oxygens (including phenoxy) is 1. The highest BCUT2D eigenvalue weighted by molar-refractivity contribution is 9.10. The topological polar surface area (TPSA) is 65.2 Å². The maximum Gasteiger partial charge on any atom is 0.307 e. The zero-order chi connectivity index (χ0) is 11.4. The van der Waals surface area contributed by atoms with Crippen molar-refractivity contribution in [3.63, 3.8) is 0 Å². The lowest BCUT2D eigenvalue weighted by molar-refractivity contribution is -0.141. The Bertz CT molecular complexity index is 373.